The lowest BCUT2D eigenvalue weighted by molar-refractivity contribution is 1.06. The lowest BCUT2D eigenvalue weighted by Crippen LogP contribution is -2.11. The maximum absolute atomic E-state index is 12.2. The first-order valence-electron chi connectivity index (χ1n) is 5.85. The van der Waals surface area contributed by atoms with Crippen LogP contribution >= 0.6 is 11.3 Å². The van der Waals surface area contributed by atoms with Gasteiger partial charge in [0.25, 0.3) is 0 Å². The summed E-state index contributed by atoms with van der Waals surface area (Å²) in [6.45, 7) is 4.08. The molecule has 0 saturated heterocycles. The number of thiazole rings is 1. The molecule has 3 aromatic rings. The molecule has 3 heteroatoms. The molecular weight excluding hydrogens is 242 g/mol. The van der Waals surface area contributed by atoms with Crippen LogP contribution in [0, 0.1) is 13.8 Å². The molecular formula is C15H13NOS. The highest BCUT2D eigenvalue weighted by atomic mass is 32.1. The smallest absolute Gasteiger partial charge is 0.267 e. The van der Waals surface area contributed by atoms with E-state index in [4.69, 9.17) is 0 Å². The van der Waals surface area contributed by atoms with Crippen LogP contribution in [0.25, 0.3) is 15.9 Å². The molecule has 0 N–H and O–H groups in total. The van der Waals surface area contributed by atoms with Crippen LogP contribution in [0.3, 0.4) is 0 Å². The molecule has 0 saturated carbocycles. The van der Waals surface area contributed by atoms with Gasteiger partial charge in [-0.2, -0.15) is 0 Å². The number of hydrogen-bond donors (Lipinski definition) is 0. The summed E-state index contributed by atoms with van der Waals surface area (Å²) in [6.07, 6.45) is 0. The molecule has 1 heterocycles. The Morgan fingerprint density at radius 3 is 2.44 bits per heavy atom. The SMILES string of the molecule is Cc1ccccc1-n1c(=O)sc2cccc(C)c21. The van der Waals surface area contributed by atoms with Gasteiger partial charge in [0.1, 0.15) is 0 Å². The maximum atomic E-state index is 12.2. The van der Waals surface area contributed by atoms with Crippen LogP contribution in [0.2, 0.25) is 0 Å². The Kier molecular flexibility index (Phi) is 2.56. The van der Waals surface area contributed by atoms with Crippen molar-refractivity contribution < 1.29 is 0 Å². The molecule has 3 rings (SSSR count). The third kappa shape index (κ3) is 1.59. The monoisotopic (exact) mass is 255 g/mol. The fraction of sp³-hybridized carbons (Fsp3) is 0.133. The van der Waals surface area contributed by atoms with Crippen molar-refractivity contribution in [1.29, 1.82) is 0 Å². The van der Waals surface area contributed by atoms with Gasteiger partial charge in [-0.3, -0.25) is 9.36 Å². The summed E-state index contributed by atoms with van der Waals surface area (Å²) < 4.78 is 2.87. The standard InChI is InChI=1S/C15H13NOS/c1-10-6-3-4-8-12(10)16-14-11(2)7-5-9-13(14)18-15(16)17/h3-9H,1-2H3. The van der Waals surface area contributed by atoms with Gasteiger partial charge in [0, 0.05) is 0 Å². The molecule has 0 atom stereocenters. The number of aryl methyl sites for hydroxylation is 2. The molecule has 2 aromatic carbocycles. The summed E-state index contributed by atoms with van der Waals surface area (Å²) in [7, 11) is 0. The topological polar surface area (TPSA) is 22.0 Å². The van der Waals surface area contributed by atoms with E-state index in [2.05, 4.69) is 0 Å². The van der Waals surface area contributed by atoms with E-state index in [0.29, 0.717) is 0 Å². The van der Waals surface area contributed by atoms with Gasteiger partial charge in [0.2, 0.25) is 0 Å². The minimum atomic E-state index is 0.0774. The second-order valence-corrected chi connectivity index (χ2v) is 5.40. The summed E-state index contributed by atoms with van der Waals surface area (Å²) in [6, 6.07) is 14.0. The van der Waals surface area contributed by atoms with Crippen LogP contribution in [0.4, 0.5) is 0 Å². The highest BCUT2D eigenvalue weighted by Gasteiger charge is 2.12. The van der Waals surface area contributed by atoms with E-state index in [1.165, 1.54) is 11.3 Å². The lowest BCUT2D eigenvalue weighted by Gasteiger charge is -2.08. The molecule has 0 aliphatic carbocycles. The van der Waals surface area contributed by atoms with Crippen molar-refractivity contribution in [2.75, 3.05) is 0 Å². The van der Waals surface area contributed by atoms with Crippen LogP contribution < -0.4 is 4.87 Å². The number of nitrogens with zero attached hydrogens (tertiary/aromatic N) is 1. The quantitative estimate of drug-likeness (QED) is 0.650. The molecule has 0 spiro atoms. The van der Waals surface area contributed by atoms with Gasteiger partial charge >= 0.3 is 4.87 Å². The minimum Gasteiger partial charge on any atom is -0.267 e. The Balaban J connectivity index is 2.47. The van der Waals surface area contributed by atoms with Crippen molar-refractivity contribution in [3.63, 3.8) is 0 Å². The highest BCUT2D eigenvalue weighted by Crippen LogP contribution is 2.25. The van der Waals surface area contributed by atoms with Gasteiger partial charge in [0.15, 0.2) is 0 Å². The molecule has 1 aromatic heterocycles. The Labute approximate surface area is 109 Å². The number of para-hydroxylation sites is 2. The first kappa shape index (κ1) is 11.2. The minimum absolute atomic E-state index is 0.0774. The summed E-state index contributed by atoms with van der Waals surface area (Å²) in [5.74, 6) is 0. The van der Waals surface area contributed by atoms with E-state index >= 15 is 0 Å². The zero-order valence-electron chi connectivity index (χ0n) is 10.3. The zero-order valence-corrected chi connectivity index (χ0v) is 11.1. The Bertz CT molecular complexity index is 783. The summed E-state index contributed by atoms with van der Waals surface area (Å²) in [5, 5.41) is 0. The van der Waals surface area contributed by atoms with Crippen molar-refractivity contribution in [2.24, 2.45) is 0 Å². The third-order valence-corrected chi connectivity index (χ3v) is 4.07. The summed E-state index contributed by atoms with van der Waals surface area (Å²) in [4.78, 5) is 12.3. The van der Waals surface area contributed by atoms with Crippen LogP contribution in [0.15, 0.2) is 47.3 Å². The van der Waals surface area contributed by atoms with E-state index in [9.17, 15) is 4.79 Å². The van der Waals surface area contributed by atoms with E-state index < -0.39 is 0 Å². The fourth-order valence-electron chi connectivity index (χ4n) is 2.27. The fourth-order valence-corrected chi connectivity index (χ4v) is 3.23. The average molecular weight is 255 g/mol. The number of rotatable bonds is 1. The maximum Gasteiger partial charge on any atom is 0.312 e. The molecule has 0 amide bonds. The van der Waals surface area contributed by atoms with Crippen molar-refractivity contribution in [3.8, 4) is 5.69 Å². The van der Waals surface area contributed by atoms with Gasteiger partial charge < -0.3 is 0 Å². The van der Waals surface area contributed by atoms with Gasteiger partial charge in [-0.1, -0.05) is 41.7 Å². The van der Waals surface area contributed by atoms with E-state index in [-0.39, 0.29) is 4.87 Å². The lowest BCUT2D eigenvalue weighted by atomic mass is 10.1. The second kappa shape index (κ2) is 4.10. The Morgan fingerprint density at radius 2 is 1.67 bits per heavy atom. The van der Waals surface area contributed by atoms with Crippen molar-refractivity contribution in [2.45, 2.75) is 13.8 Å². The molecule has 90 valence electrons. The van der Waals surface area contributed by atoms with Crippen molar-refractivity contribution in [1.82, 2.24) is 4.57 Å². The van der Waals surface area contributed by atoms with Gasteiger partial charge in [-0.05, 0) is 37.1 Å². The largest absolute Gasteiger partial charge is 0.312 e. The Morgan fingerprint density at radius 1 is 0.944 bits per heavy atom. The number of hydrogen-bond acceptors (Lipinski definition) is 2. The predicted octanol–water partition coefficient (Wildman–Crippen LogP) is 3.67. The summed E-state index contributed by atoms with van der Waals surface area (Å²) >= 11 is 1.30. The normalized spacial score (nSPS) is 11.0. The zero-order chi connectivity index (χ0) is 12.7. The van der Waals surface area contributed by atoms with Crippen LogP contribution in [-0.2, 0) is 0 Å². The van der Waals surface area contributed by atoms with Crippen molar-refractivity contribution >= 4 is 21.6 Å². The molecule has 0 aliphatic heterocycles. The summed E-state index contributed by atoms with van der Waals surface area (Å²) in [5.41, 5.74) is 4.25. The van der Waals surface area contributed by atoms with Gasteiger partial charge in [-0.15, -0.1) is 0 Å². The molecule has 0 fully saturated rings. The van der Waals surface area contributed by atoms with Gasteiger partial charge in [0.05, 0.1) is 15.9 Å². The predicted molar refractivity (Wildman–Crippen MR) is 76.9 cm³/mol. The first-order chi connectivity index (χ1) is 8.68. The molecule has 0 radical (unpaired) electrons. The van der Waals surface area contributed by atoms with Gasteiger partial charge in [-0.25, -0.2) is 0 Å². The molecule has 0 bridgehead atoms. The van der Waals surface area contributed by atoms with E-state index in [0.717, 1.165) is 27.0 Å². The second-order valence-electron chi connectivity index (χ2n) is 4.41. The van der Waals surface area contributed by atoms with Crippen molar-refractivity contribution in [3.05, 3.63) is 63.3 Å². The molecule has 2 nitrogen and oxygen atoms in total. The number of benzene rings is 2. The number of fused-ring (bicyclic) bond motifs is 1. The molecule has 0 unspecified atom stereocenters. The van der Waals surface area contributed by atoms with Crippen LogP contribution in [-0.4, -0.2) is 4.57 Å². The average Bonchev–Trinajstić information content (AvgIpc) is 2.68. The Hall–Kier alpha value is -1.87. The highest BCUT2D eigenvalue weighted by molar-refractivity contribution is 7.16. The third-order valence-electron chi connectivity index (χ3n) is 3.16. The molecule has 0 aliphatic rings. The van der Waals surface area contributed by atoms with E-state index in [1.54, 1.807) is 0 Å². The first-order valence-corrected chi connectivity index (χ1v) is 6.67. The molecule has 18 heavy (non-hydrogen) atoms. The van der Waals surface area contributed by atoms with E-state index in [1.807, 2.05) is 60.9 Å². The van der Waals surface area contributed by atoms with Crippen LogP contribution in [0.5, 0.6) is 0 Å². The number of aromatic nitrogens is 1. The van der Waals surface area contributed by atoms with Crippen LogP contribution in [0.1, 0.15) is 11.1 Å².